The maximum atomic E-state index is 13.6. The van der Waals surface area contributed by atoms with E-state index in [9.17, 15) is 19.2 Å². The Morgan fingerprint density at radius 1 is 0.912 bits per heavy atom. The second-order valence-corrected chi connectivity index (χ2v) is 17.5. The lowest BCUT2D eigenvalue weighted by molar-refractivity contribution is -0.196. The average Bonchev–Trinajstić information content (AvgIpc) is 3.52. The van der Waals surface area contributed by atoms with E-state index in [0.29, 0.717) is 48.0 Å². The van der Waals surface area contributed by atoms with Gasteiger partial charge in [0.15, 0.2) is 5.78 Å². The number of benzene rings is 3. The van der Waals surface area contributed by atoms with Gasteiger partial charge in [-0.1, -0.05) is 45.4 Å². The number of hydrogen-bond donors (Lipinski definition) is 1. The number of imide groups is 1. The summed E-state index contributed by atoms with van der Waals surface area (Å²) in [6.07, 6.45) is 4.00. The van der Waals surface area contributed by atoms with E-state index in [-0.39, 0.29) is 46.9 Å². The number of hydrogen-bond acceptors (Lipinski definition) is 8. The number of nitrogens with zero attached hydrogens (tertiary/aromatic N) is 4. The van der Waals surface area contributed by atoms with Crippen molar-refractivity contribution in [3.63, 3.8) is 0 Å². The number of ether oxygens (including phenoxy) is 2. The van der Waals surface area contributed by atoms with E-state index in [1.165, 1.54) is 0 Å². The number of unbranched alkanes of at least 4 members (excludes halogenated alkanes) is 2. The van der Waals surface area contributed by atoms with Crippen molar-refractivity contribution in [3.05, 3.63) is 93.8 Å². The lowest BCUT2D eigenvalue weighted by Crippen LogP contribution is -2.66. The fourth-order valence-corrected chi connectivity index (χ4v) is 9.85. The number of nitrogens with one attached hydrogen (secondary N) is 1. The minimum Gasteiger partial charge on any atom is -0.494 e. The van der Waals surface area contributed by atoms with Crippen LogP contribution in [0.2, 0.25) is 5.02 Å². The number of fused-ring (bicyclic) bond motifs is 1. The Bertz CT molecular complexity index is 2050. The molecule has 3 aliphatic heterocycles. The van der Waals surface area contributed by atoms with E-state index >= 15 is 0 Å². The molecule has 3 amide bonds. The third-order valence-electron chi connectivity index (χ3n) is 12.6. The first-order valence-electron chi connectivity index (χ1n) is 20.1. The Hall–Kier alpha value is -4.92. The number of piperidine rings is 1. The van der Waals surface area contributed by atoms with Crippen LogP contribution in [0.1, 0.15) is 92.5 Å². The Balaban J connectivity index is 0.799. The smallest absolute Gasteiger partial charge is 0.255 e. The van der Waals surface area contributed by atoms with Gasteiger partial charge in [0.1, 0.15) is 23.6 Å². The van der Waals surface area contributed by atoms with Crippen LogP contribution in [0.25, 0.3) is 4.85 Å². The maximum absolute atomic E-state index is 13.6. The third-order valence-corrected chi connectivity index (χ3v) is 12.9. The van der Waals surface area contributed by atoms with Crippen molar-refractivity contribution in [2.75, 3.05) is 44.2 Å². The highest BCUT2D eigenvalue weighted by atomic mass is 35.5. The molecule has 3 aromatic rings. The van der Waals surface area contributed by atoms with Gasteiger partial charge in [0.25, 0.3) is 5.91 Å². The van der Waals surface area contributed by atoms with Gasteiger partial charge in [-0.25, -0.2) is 4.85 Å². The lowest BCUT2D eigenvalue weighted by Gasteiger charge is -2.63. The molecule has 300 valence electrons. The zero-order valence-corrected chi connectivity index (χ0v) is 34.1. The van der Waals surface area contributed by atoms with E-state index < -0.39 is 11.9 Å². The van der Waals surface area contributed by atoms with Crippen LogP contribution in [-0.4, -0.2) is 84.8 Å². The van der Waals surface area contributed by atoms with Crippen molar-refractivity contribution < 1.29 is 28.7 Å². The van der Waals surface area contributed by atoms with E-state index in [1.807, 2.05) is 24.3 Å². The molecule has 1 unspecified atom stereocenters. The predicted molar refractivity (Wildman–Crippen MR) is 219 cm³/mol. The van der Waals surface area contributed by atoms with Crippen molar-refractivity contribution in [2.24, 2.45) is 16.7 Å². The molecule has 3 fully saturated rings. The summed E-state index contributed by atoms with van der Waals surface area (Å²) in [5, 5.41) is 2.72. The largest absolute Gasteiger partial charge is 0.494 e. The van der Waals surface area contributed by atoms with Crippen LogP contribution in [0.4, 0.5) is 11.4 Å². The molecule has 12 heteroatoms. The molecule has 57 heavy (non-hydrogen) atoms. The van der Waals surface area contributed by atoms with Crippen LogP contribution in [0.5, 0.6) is 11.5 Å². The predicted octanol–water partition coefficient (Wildman–Crippen LogP) is 7.73. The van der Waals surface area contributed by atoms with Crippen molar-refractivity contribution in [2.45, 2.75) is 84.9 Å². The summed E-state index contributed by atoms with van der Waals surface area (Å²) in [4.78, 5) is 60.3. The normalized spacial score (nSPS) is 22.7. The number of amides is 3. The lowest BCUT2D eigenvalue weighted by atomic mass is 9.44. The number of carbonyl (C=O) groups excluding carboxylic acids is 4. The van der Waals surface area contributed by atoms with Crippen LogP contribution in [-0.2, 0) is 16.1 Å². The molecule has 7 rings (SSSR count). The maximum Gasteiger partial charge on any atom is 0.255 e. The Morgan fingerprint density at radius 2 is 1.63 bits per heavy atom. The highest BCUT2D eigenvalue weighted by Crippen LogP contribution is 2.62. The van der Waals surface area contributed by atoms with Crippen molar-refractivity contribution in [1.29, 1.82) is 0 Å². The molecular formula is C45H52ClN5O6. The van der Waals surface area contributed by atoms with Crippen molar-refractivity contribution in [3.8, 4) is 11.5 Å². The summed E-state index contributed by atoms with van der Waals surface area (Å²) in [5.74, 6) is 0.767. The summed E-state index contributed by atoms with van der Waals surface area (Å²) in [6, 6.07) is 18.1. The van der Waals surface area contributed by atoms with Crippen LogP contribution >= 0.6 is 11.6 Å². The third kappa shape index (κ3) is 8.39. The van der Waals surface area contributed by atoms with E-state index in [0.717, 1.165) is 74.6 Å². The highest BCUT2D eigenvalue weighted by Gasteiger charge is 2.63. The van der Waals surface area contributed by atoms with Gasteiger partial charge in [-0.15, -0.1) is 0 Å². The molecule has 11 nitrogen and oxygen atoms in total. The molecule has 2 saturated heterocycles. The van der Waals surface area contributed by atoms with Crippen LogP contribution < -0.4 is 19.7 Å². The molecule has 3 aromatic carbocycles. The molecule has 3 heterocycles. The second-order valence-electron chi connectivity index (χ2n) is 17.0. The summed E-state index contributed by atoms with van der Waals surface area (Å²) in [5.41, 5.74) is 3.26. The monoisotopic (exact) mass is 793 g/mol. The molecule has 4 aliphatic rings. The summed E-state index contributed by atoms with van der Waals surface area (Å²) in [7, 11) is 0. The highest BCUT2D eigenvalue weighted by molar-refractivity contribution is 6.33. The van der Waals surface area contributed by atoms with Crippen LogP contribution in [0.3, 0.4) is 0 Å². The number of piperazine rings is 1. The number of Topliss-reactive ketones (excluding diaryl/α,β-unsaturated/α-hetero) is 1. The van der Waals surface area contributed by atoms with Gasteiger partial charge in [0, 0.05) is 73.2 Å². The van der Waals surface area contributed by atoms with Gasteiger partial charge in [0.05, 0.1) is 18.2 Å². The zero-order valence-electron chi connectivity index (χ0n) is 33.3. The fourth-order valence-electron chi connectivity index (χ4n) is 9.64. The molecule has 0 spiro atoms. The van der Waals surface area contributed by atoms with Gasteiger partial charge in [-0.3, -0.25) is 29.4 Å². The Labute approximate surface area is 340 Å². The number of ketones is 1. The number of carbonyl (C=O) groups is 4. The number of anilines is 1. The summed E-state index contributed by atoms with van der Waals surface area (Å²) >= 11 is 6.26. The number of rotatable bonds is 14. The topological polar surface area (TPSA) is 113 Å². The fraction of sp³-hybridized carbons (Fsp3) is 0.489. The van der Waals surface area contributed by atoms with E-state index in [4.69, 9.17) is 27.6 Å². The SMILES string of the molecule is [C-]#[N+]c1ccc(OC2C(C)(C)C(CC(=O)c3ccc(N4CCN(CCCCCOc5ccc6c(c5)CN(C5CCC(=O)NC5=O)C6=O)CC4)cc3)C2(C)C)cc1Cl. The van der Waals surface area contributed by atoms with E-state index in [2.05, 4.69) is 59.8 Å². The molecule has 0 radical (unpaired) electrons. The molecular weight excluding hydrogens is 742 g/mol. The average molecular weight is 794 g/mol. The minimum atomic E-state index is -0.621. The van der Waals surface area contributed by atoms with Gasteiger partial charge >= 0.3 is 0 Å². The van der Waals surface area contributed by atoms with Crippen molar-refractivity contribution >= 4 is 46.5 Å². The Morgan fingerprint density at radius 3 is 2.32 bits per heavy atom. The van der Waals surface area contributed by atoms with Crippen LogP contribution in [0, 0.1) is 23.3 Å². The molecule has 0 bridgehead atoms. The van der Waals surface area contributed by atoms with Gasteiger partial charge in [-0.2, -0.15) is 0 Å². The summed E-state index contributed by atoms with van der Waals surface area (Å²) in [6.45, 7) is 21.7. The van der Waals surface area contributed by atoms with Crippen molar-refractivity contribution in [1.82, 2.24) is 15.1 Å². The molecule has 0 aromatic heterocycles. The molecule has 1 N–H and O–H groups in total. The first-order valence-corrected chi connectivity index (χ1v) is 20.5. The van der Waals surface area contributed by atoms with Crippen LogP contribution in [0.15, 0.2) is 60.7 Å². The minimum absolute atomic E-state index is 0.104. The van der Waals surface area contributed by atoms with Gasteiger partial charge in [-0.05, 0) is 98.3 Å². The molecule has 1 atom stereocenters. The second kappa shape index (κ2) is 16.5. The molecule has 1 saturated carbocycles. The Kier molecular flexibility index (Phi) is 11.7. The van der Waals surface area contributed by atoms with Gasteiger partial charge < -0.3 is 19.3 Å². The molecule has 1 aliphatic carbocycles. The standard InChI is InChI=1S/C45H52ClN5O6/c1-44(2)39(45(3,4)43(44)57-33-14-16-36(47-5)35(46)26-33)27-38(52)29-9-11-31(12-10-29)50-22-20-49(21-23-50)19-7-6-8-24-56-32-13-15-34-30(25-32)28-51(42(34)55)37-17-18-40(53)48-41(37)54/h9-16,25-26,37,39,43H,6-8,17-24,27-28H2,1-4H3,(H,48,53,54). The quantitative estimate of drug-likeness (QED) is 0.0765. The first kappa shape index (κ1) is 40.3. The zero-order chi connectivity index (χ0) is 40.5. The summed E-state index contributed by atoms with van der Waals surface area (Å²) < 4.78 is 12.4. The van der Waals surface area contributed by atoms with Gasteiger partial charge in [0.2, 0.25) is 17.5 Å². The first-order chi connectivity index (χ1) is 27.3. The van der Waals surface area contributed by atoms with E-state index in [1.54, 1.807) is 29.2 Å². The number of halogens is 1.